The highest BCUT2D eigenvalue weighted by Gasteiger charge is 2.23. The van der Waals surface area contributed by atoms with Crippen molar-refractivity contribution < 1.29 is 19.7 Å². The van der Waals surface area contributed by atoms with Crippen LogP contribution in [-0.4, -0.2) is 22.6 Å². The molecule has 0 amide bonds. The van der Waals surface area contributed by atoms with Gasteiger partial charge in [-0.3, -0.25) is 4.79 Å². The summed E-state index contributed by atoms with van der Waals surface area (Å²) in [5.41, 5.74) is 0.180. The highest BCUT2D eigenvalue weighted by molar-refractivity contribution is 6.02. The summed E-state index contributed by atoms with van der Waals surface area (Å²) in [4.78, 5) is 12.5. The van der Waals surface area contributed by atoms with E-state index in [-0.39, 0.29) is 34.5 Å². The molecule has 0 radical (unpaired) electrons. The number of benzene rings is 1. The van der Waals surface area contributed by atoms with Crippen LogP contribution in [-0.2, 0) is 0 Å². The standard InChI is InChI=1S/C21H34O4/c1-6-16(5)21(24)20-18(23)12-17(22)13-19(20)25-11-10-15(4)9-7-8-14(2)3/h12-16,22-23H,6-11H2,1-5H3/t15?,16-/m0/s1. The Bertz CT molecular complexity index is 551. The summed E-state index contributed by atoms with van der Waals surface area (Å²) in [6, 6.07) is 2.61. The van der Waals surface area contributed by atoms with Gasteiger partial charge in [0, 0.05) is 18.1 Å². The summed E-state index contributed by atoms with van der Waals surface area (Å²) < 4.78 is 5.77. The average molecular weight is 350 g/mol. The Morgan fingerprint density at radius 2 is 1.76 bits per heavy atom. The molecule has 1 rings (SSSR count). The van der Waals surface area contributed by atoms with Crippen LogP contribution in [0.1, 0.15) is 77.1 Å². The number of ether oxygens (including phenoxy) is 1. The van der Waals surface area contributed by atoms with Crippen LogP contribution in [0.5, 0.6) is 17.2 Å². The zero-order valence-corrected chi connectivity index (χ0v) is 16.3. The normalized spacial score (nSPS) is 13.7. The Balaban J connectivity index is 2.70. The quantitative estimate of drug-likeness (QED) is 0.513. The Morgan fingerprint density at radius 3 is 2.36 bits per heavy atom. The van der Waals surface area contributed by atoms with Gasteiger partial charge in [-0.05, 0) is 24.7 Å². The SMILES string of the molecule is CC[C@H](C)C(=O)c1c(O)cc(O)cc1OCCC(C)CCCC(C)C. The van der Waals surface area contributed by atoms with E-state index in [1.807, 2.05) is 13.8 Å². The molecule has 1 unspecified atom stereocenters. The second-order valence-corrected chi connectivity index (χ2v) is 7.58. The molecule has 2 N–H and O–H groups in total. The molecule has 4 nitrogen and oxygen atoms in total. The maximum atomic E-state index is 12.5. The minimum absolute atomic E-state index is 0.0989. The number of carbonyl (C=O) groups is 1. The lowest BCUT2D eigenvalue weighted by molar-refractivity contribution is 0.0919. The van der Waals surface area contributed by atoms with Crippen molar-refractivity contribution in [3.05, 3.63) is 17.7 Å². The number of hydrogen-bond donors (Lipinski definition) is 2. The summed E-state index contributed by atoms with van der Waals surface area (Å²) in [7, 11) is 0. The molecule has 2 atom stereocenters. The Morgan fingerprint density at radius 1 is 1.08 bits per heavy atom. The van der Waals surface area contributed by atoms with Gasteiger partial charge in [-0.15, -0.1) is 0 Å². The first-order valence-electron chi connectivity index (χ1n) is 9.49. The van der Waals surface area contributed by atoms with Gasteiger partial charge in [-0.1, -0.05) is 53.9 Å². The van der Waals surface area contributed by atoms with Crippen molar-refractivity contribution in [3.8, 4) is 17.2 Å². The molecule has 1 aromatic rings. The molecule has 0 saturated carbocycles. The molecule has 0 spiro atoms. The highest BCUT2D eigenvalue weighted by atomic mass is 16.5. The predicted octanol–water partition coefficient (Wildman–Crippen LogP) is 5.56. The van der Waals surface area contributed by atoms with E-state index >= 15 is 0 Å². The van der Waals surface area contributed by atoms with E-state index in [4.69, 9.17) is 4.74 Å². The van der Waals surface area contributed by atoms with Crippen molar-refractivity contribution in [3.63, 3.8) is 0 Å². The molecule has 0 fully saturated rings. The van der Waals surface area contributed by atoms with E-state index in [0.717, 1.165) is 18.8 Å². The number of carbonyl (C=O) groups excluding carboxylic acids is 1. The summed E-state index contributed by atoms with van der Waals surface area (Å²) in [5.74, 6) is 0.875. The monoisotopic (exact) mass is 350 g/mol. The van der Waals surface area contributed by atoms with E-state index in [1.165, 1.54) is 25.0 Å². The number of ketones is 1. The fourth-order valence-corrected chi connectivity index (χ4v) is 2.77. The Labute approximate surface area is 152 Å². The van der Waals surface area contributed by atoms with Crippen LogP contribution in [0.25, 0.3) is 0 Å². The van der Waals surface area contributed by atoms with Crippen LogP contribution in [0, 0.1) is 17.8 Å². The van der Waals surface area contributed by atoms with Crippen LogP contribution < -0.4 is 4.74 Å². The van der Waals surface area contributed by atoms with Gasteiger partial charge in [0.2, 0.25) is 0 Å². The zero-order valence-electron chi connectivity index (χ0n) is 16.3. The molecule has 0 aliphatic carbocycles. The van der Waals surface area contributed by atoms with Gasteiger partial charge in [0.1, 0.15) is 22.8 Å². The fraction of sp³-hybridized carbons (Fsp3) is 0.667. The van der Waals surface area contributed by atoms with Crippen molar-refractivity contribution in [1.29, 1.82) is 0 Å². The van der Waals surface area contributed by atoms with Gasteiger partial charge in [-0.25, -0.2) is 0 Å². The molecular formula is C21H34O4. The van der Waals surface area contributed by atoms with Gasteiger partial charge >= 0.3 is 0 Å². The molecule has 1 aromatic carbocycles. The number of aromatic hydroxyl groups is 2. The van der Waals surface area contributed by atoms with Crippen LogP contribution in [0.2, 0.25) is 0 Å². The predicted molar refractivity (Wildman–Crippen MR) is 102 cm³/mol. The summed E-state index contributed by atoms with van der Waals surface area (Å²) in [5, 5.41) is 19.8. The largest absolute Gasteiger partial charge is 0.508 e. The van der Waals surface area contributed by atoms with Crippen molar-refractivity contribution >= 4 is 5.78 Å². The van der Waals surface area contributed by atoms with Crippen molar-refractivity contribution in [2.75, 3.05) is 6.61 Å². The third kappa shape index (κ3) is 6.97. The third-order valence-corrected chi connectivity index (χ3v) is 4.72. The molecular weight excluding hydrogens is 316 g/mol. The first-order valence-corrected chi connectivity index (χ1v) is 9.49. The topological polar surface area (TPSA) is 66.8 Å². The lowest BCUT2D eigenvalue weighted by atomic mass is 9.95. The number of Topliss-reactive ketones (excluding diaryl/α,β-unsaturated/α-hetero) is 1. The van der Waals surface area contributed by atoms with E-state index in [0.29, 0.717) is 18.9 Å². The fourth-order valence-electron chi connectivity index (χ4n) is 2.77. The van der Waals surface area contributed by atoms with Crippen LogP contribution in [0.15, 0.2) is 12.1 Å². The molecule has 142 valence electrons. The number of hydrogen-bond acceptors (Lipinski definition) is 4. The number of phenolic OH excluding ortho intramolecular Hbond substituents is 2. The second-order valence-electron chi connectivity index (χ2n) is 7.58. The molecule has 25 heavy (non-hydrogen) atoms. The van der Waals surface area contributed by atoms with Gasteiger partial charge in [0.25, 0.3) is 0 Å². The Hall–Kier alpha value is -1.71. The maximum absolute atomic E-state index is 12.5. The third-order valence-electron chi connectivity index (χ3n) is 4.72. The average Bonchev–Trinajstić information content (AvgIpc) is 2.52. The van der Waals surface area contributed by atoms with Gasteiger partial charge in [0.15, 0.2) is 5.78 Å². The minimum atomic E-state index is -0.217. The van der Waals surface area contributed by atoms with Crippen LogP contribution in [0.4, 0.5) is 0 Å². The van der Waals surface area contributed by atoms with Crippen molar-refractivity contribution in [2.24, 2.45) is 17.8 Å². The zero-order chi connectivity index (χ0) is 19.0. The number of rotatable bonds is 11. The smallest absolute Gasteiger partial charge is 0.173 e. The first kappa shape index (κ1) is 21.3. The van der Waals surface area contributed by atoms with E-state index in [9.17, 15) is 15.0 Å². The van der Waals surface area contributed by atoms with E-state index < -0.39 is 0 Å². The van der Waals surface area contributed by atoms with Gasteiger partial charge in [0.05, 0.1) is 6.61 Å². The molecule has 0 saturated heterocycles. The molecule has 0 aromatic heterocycles. The molecule has 0 aliphatic rings. The lowest BCUT2D eigenvalue weighted by Crippen LogP contribution is -2.13. The summed E-state index contributed by atoms with van der Waals surface area (Å²) >= 11 is 0. The Kier molecular flexibility index (Phi) is 8.81. The molecule has 0 heterocycles. The molecule has 4 heteroatoms. The van der Waals surface area contributed by atoms with Gasteiger partial charge in [-0.2, -0.15) is 0 Å². The molecule has 0 bridgehead atoms. The minimum Gasteiger partial charge on any atom is -0.508 e. The molecule has 0 aliphatic heterocycles. The lowest BCUT2D eigenvalue weighted by Gasteiger charge is -2.17. The van der Waals surface area contributed by atoms with E-state index in [2.05, 4.69) is 20.8 Å². The maximum Gasteiger partial charge on any atom is 0.173 e. The van der Waals surface area contributed by atoms with Gasteiger partial charge < -0.3 is 14.9 Å². The van der Waals surface area contributed by atoms with Crippen molar-refractivity contribution in [1.82, 2.24) is 0 Å². The van der Waals surface area contributed by atoms with Crippen LogP contribution in [0.3, 0.4) is 0 Å². The van der Waals surface area contributed by atoms with Crippen molar-refractivity contribution in [2.45, 2.75) is 66.7 Å². The highest BCUT2D eigenvalue weighted by Crippen LogP contribution is 2.35. The van der Waals surface area contributed by atoms with E-state index in [1.54, 1.807) is 0 Å². The summed E-state index contributed by atoms with van der Waals surface area (Å²) in [6.45, 7) is 10.9. The second kappa shape index (κ2) is 10.3. The number of phenols is 2. The van der Waals surface area contributed by atoms with Crippen LogP contribution >= 0.6 is 0 Å². The first-order chi connectivity index (χ1) is 11.8. The summed E-state index contributed by atoms with van der Waals surface area (Å²) in [6.07, 6.45) is 5.17.